The van der Waals surface area contributed by atoms with Crippen LogP contribution in [0.3, 0.4) is 0 Å². The standard InChI is InChI=1S/C23H23NO6S/c1-27-18-11-16(12-19(28-2)22(18)30-4)14-6-5-7-15(10-14)23(26)24-20-9-8-17(31-20)13-21(25)29-3/h5-12H,13H2,1-4H3,(H,24,26). The number of hydrogen-bond acceptors (Lipinski definition) is 7. The molecule has 0 aliphatic carbocycles. The second-order valence-electron chi connectivity index (χ2n) is 6.47. The predicted molar refractivity (Wildman–Crippen MR) is 120 cm³/mol. The van der Waals surface area contributed by atoms with E-state index in [9.17, 15) is 9.59 Å². The Kier molecular flexibility index (Phi) is 7.15. The second kappa shape index (κ2) is 9.99. The van der Waals surface area contributed by atoms with Gasteiger partial charge >= 0.3 is 5.97 Å². The number of hydrogen-bond donors (Lipinski definition) is 1. The molecule has 2 aromatic carbocycles. The van der Waals surface area contributed by atoms with Crippen molar-refractivity contribution in [3.63, 3.8) is 0 Å². The monoisotopic (exact) mass is 441 g/mol. The number of ether oxygens (including phenoxy) is 4. The average molecular weight is 442 g/mol. The first kappa shape index (κ1) is 22.2. The van der Waals surface area contributed by atoms with E-state index in [1.54, 1.807) is 45.6 Å². The molecule has 0 bridgehead atoms. The van der Waals surface area contributed by atoms with E-state index in [0.29, 0.717) is 27.8 Å². The van der Waals surface area contributed by atoms with E-state index in [4.69, 9.17) is 14.2 Å². The van der Waals surface area contributed by atoms with Crippen LogP contribution in [0.15, 0.2) is 48.5 Å². The van der Waals surface area contributed by atoms with E-state index >= 15 is 0 Å². The van der Waals surface area contributed by atoms with Crippen molar-refractivity contribution in [2.24, 2.45) is 0 Å². The number of anilines is 1. The van der Waals surface area contributed by atoms with E-state index < -0.39 is 0 Å². The first-order valence-electron chi connectivity index (χ1n) is 9.36. The van der Waals surface area contributed by atoms with Crippen molar-refractivity contribution in [3.8, 4) is 28.4 Å². The number of carbonyl (C=O) groups excluding carboxylic acids is 2. The zero-order valence-corrected chi connectivity index (χ0v) is 18.5. The van der Waals surface area contributed by atoms with Crippen LogP contribution in [0.4, 0.5) is 5.00 Å². The normalized spacial score (nSPS) is 10.3. The molecule has 1 amide bonds. The summed E-state index contributed by atoms with van der Waals surface area (Å²) < 4.78 is 20.9. The summed E-state index contributed by atoms with van der Waals surface area (Å²) in [5.41, 5.74) is 2.14. The minimum atomic E-state index is -0.322. The third kappa shape index (κ3) is 5.16. The number of thiophene rings is 1. The molecule has 3 aromatic rings. The maximum Gasteiger partial charge on any atom is 0.310 e. The molecule has 0 aliphatic rings. The molecule has 1 heterocycles. The van der Waals surface area contributed by atoms with Crippen molar-refractivity contribution in [2.75, 3.05) is 33.8 Å². The first-order chi connectivity index (χ1) is 15.0. The Morgan fingerprint density at radius 3 is 2.19 bits per heavy atom. The van der Waals surface area contributed by atoms with Crippen LogP contribution in [-0.4, -0.2) is 40.3 Å². The second-order valence-corrected chi connectivity index (χ2v) is 7.64. The zero-order chi connectivity index (χ0) is 22.4. The van der Waals surface area contributed by atoms with Gasteiger partial charge in [-0.25, -0.2) is 0 Å². The van der Waals surface area contributed by atoms with E-state index in [2.05, 4.69) is 10.1 Å². The molecule has 0 unspecified atom stereocenters. The lowest BCUT2D eigenvalue weighted by atomic mass is 10.0. The highest BCUT2D eigenvalue weighted by Crippen LogP contribution is 2.41. The fraction of sp³-hybridized carbons (Fsp3) is 0.217. The lowest BCUT2D eigenvalue weighted by Crippen LogP contribution is -2.10. The fourth-order valence-corrected chi connectivity index (χ4v) is 3.91. The largest absolute Gasteiger partial charge is 0.493 e. The minimum Gasteiger partial charge on any atom is -0.493 e. The van der Waals surface area contributed by atoms with Crippen molar-refractivity contribution in [1.29, 1.82) is 0 Å². The number of amides is 1. The molecule has 1 aromatic heterocycles. The summed E-state index contributed by atoms with van der Waals surface area (Å²) in [4.78, 5) is 25.0. The average Bonchev–Trinajstić information content (AvgIpc) is 3.24. The number of rotatable bonds is 8. The van der Waals surface area contributed by atoms with Gasteiger partial charge in [0.15, 0.2) is 11.5 Å². The van der Waals surface area contributed by atoms with E-state index in [0.717, 1.165) is 16.0 Å². The van der Waals surface area contributed by atoms with Gasteiger partial charge < -0.3 is 24.3 Å². The van der Waals surface area contributed by atoms with Gasteiger partial charge in [-0.1, -0.05) is 12.1 Å². The van der Waals surface area contributed by atoms with Gasteiger partial charge in [-0.05, 0) is 47.5 Å². The van der Waals surface area contributed by atoms with Crippen molar-refractivity contribution in [1.82, 2.24) is 0 Å². The Morgan fingerprint density at radius 2 is 1.58 bits per heavy atom. The molecule has 7 nitrogen and oxygen atoms in total. The van der Waals surface area contributed by atoms with Crippen LogP contribution in [0, 0.1) is 0 Å². The first-order valence-corrected chi connectivity index (χ1v) is 10.2. The summed E-state index contributed by atoms with van der Waals surface area (Å²) in [5, 5.41) is 3.52. The maximum absolute atomic E-state index is 12.8. The van der Waals surface area contributed by atoms with Crippen LogP contribution >= 0.6 is 11.3 Å². The summed E-state index contributed by atoms with van der Waals surface area (Å²) in [6.45, 7) is 0. The quantitative estimate of drug-likeness (QED) is 0.522. The Morgan fingerprint density at radius 1 is 0.871 bits per heavy atom. The van der Waals surface area contributed by atoms with Crippen molar-refractivity contribution >= 4 is 28.2 Å². The predicted octanol–water partition coefficient (Wildman–Crippen LogP) is 4.41. The molecular formula is C23H23NO6S. The number of nitrogens with one attached hydrogen (secondary N) is 1. The highest BCUT2D eigenvalue weighted by Gasteiger charge is 2.16. The van der Waals surface area contributed by atoms with Gasteiger partial charge in [-0.3, -0.25) is 9.59 Å². The van der Waals surface area contributed by atoms with Crippen LogP contribution in [-0.2, 0) is 16.0 Å². The van der Waals surface area contributed by atoms with Crippen molar-refractivity contribution < 1.29 is 28.5 Å². The molecule has 0 saturated carbocycles. The van der Waals surface area contributed by atoms with Crippen LogP contribution in [0.5, 0.6) is 17.2 Å². The molecule has 162 valence electrons. The highest BCUT2D eigenvalue weighted by atomic mass is 32.1. The van der Waals surface area contributed by atoms with Gasteiger partial charge in [0.25, 0.3) is 5.91 Å². The molecule has 31 heavy (non-hydrogen) atoms. The Balaban J connectivity index is 1.83. The summed E-state index contributed by atoms with van der Waals surface area (Å²) in [7, 11) is 6.01. The van der Waals surface area contributed by atoms with Crippen molar-refractivity contribution in [3.05, 3.63) is 59.0 Å². The molecule has 0 atom stereocenters. The topological polar surface area (TPSA) is 83.1 Å². The molecule has 3 rings (SSSR count). The number of benzene rings is 2. The third-order valence-electron chi connectivity index (χ3n) is 4.57. The summed E-state index contributed by atoms with van der Waals surface area (Å²) in [6, 6.07) is 14.5. The van der Waals surface area contributed by atoms with Gasteiger partial charge in [-0.2, -0.15) is 0 Å². The van der Waals surface area contributed by atoms with Gasteiger partial charge in [-0.15, -0.1) is 11.3 Å². The lowest BCUT2D eigenvalue weighted by Gasteiger charge is -2.14. The Labute approximate surface area is 184 Å². The zero-order valence-electron chi connectivity index (χ0n) is 17.7. The highest BCUT2D eigenvalue weighted by molar-refractivity contribution is 7.16. The summed E-state index contributed by atoms with van der Waals surface area (Å²) in [6.07, 6.45) is 0.174. The molecular weight excluding hydrogens is 418 g/mol. The molecule has 0 saturated heterocycles. The van der Waals surface area contributed by atoms with E-state index in [1.807, 2.05) is 24.3 Å². The molecule has 8 heteroatoms. The van der Waals surface area contributed by atoms with E-state index in [-0.39, 0.29) is 18.3 Å². The molecule has 0 fully saturated rings. The number of carbonyl (C=O) groups is 2. The van der Waals surface area contributed by atoms with Crippen molar-refractivity contribution in [2.45, 2.75) is 6.42 Å². The van der Waals surface area contributed by atoms with Crippen LogP contribution in [0.2, 0.25) is 0 Å². The van der Waals surface area contributed by atoms with Gasteiger partial charge in [0, 0.05) is 10.4 Å². The maximum atomic E-state index is 12.8. The SMILES string of the molecule is COC(=O)Cc1ccc(NC(=O)c2cccc(-c3cc(OC)c(OC)c(OC)c3)c2)s1. The fourth-order valence-electron chi connectivity index (χ4n) is 3.03. The van der Waals surface area contributed by atoms with E-state index in [1.165, 1.54) is 18.4 Å². The smallest absolute Gasteiger partial charge is 0.310 e. The van der Waals surface area contributed by atoms with Gasteiger partial charge in [0.1, 0.15) is 0 Å². The number of methoxy groups -OCH3 is 4. The molecule has 1 N–H and O–H groups in total. The van der Waals surface area contributed by atoms with Gasteiger partial charge in [0.05, 0.1) is 39.9 Å². The molecule has 0 aliphatic heterocycles. The molecule has 0 radical (unpaired) electrons. The summed E-state index contributed by atoms with van der Waals surface area (Å²) in [5.74, 6) is 0.994. The van der Waals surface area contributed by atoms with Crippen LogP contribution in [0.25, 0.3) is 11.1 Å². The third-order valence-corrected chi connectivity index (χ3v) is 5.57. The minimum absolute atomic E-state index is 0.174. The van der Waals surface area contributed by atoms with Crippen LogP contribution in [0.1, 0.15) is 15.2 Å². The van der Waals surface area contributed by atoms with Crippen LogP contribution < -0.4 is 19.5 Å². The van der Waals surface area contributed by atoms with Gasteiger partial charge in [0.2, 0.25) is 5.75 Å². The number of esters is 1. The lowest BCUT2D eigenvalue weighted by molar-refractivity contribution is -0.139. The molecule has 0 spiro atoms. The Bertz CT molecular complexity index is 1070. The summed E-state index contributed by atoms with van der Waals surface area (Å²) >= 11 is 1.33. The Hall–Kier alpha value is -3.52.